The standard InChI is InChI=1S/C29H28F4N4O4/c1-40-20-6-3-5-19(16-20)35-11-13-36(14-12-35)28-34-27-21(7-4-8-22(27)30)24(17-26(38)39)37(28)23-10-9-18(29(31,32)33)15-25(23)41-2/h3-10,15-16,24H,11-14,17H2,1-2H3,(H,38,39)/t24-/m0/s1. The van der Waals surface area contributed by atoms with Crippen molar-refractivity contribution in [3.8, 4) is 11.5 Å². The molecule has 0 unspecified atom stereocenters. The zero-order valence-electron chi connectivity index (χ0n) is 22.4. The van der Waals surface area contributed by atoms with Crippen LogP contribution in [0.2, 0.25) is 0 Å². The van der Waals surface area contributed by atoms with Crippen LogP contribution in [0.4, 0.5) is 34.6 Å². The number of anilines is 2. The number of hydrogen-bond acceptors (Lipinski definition) is 7. The number of alkyl halides is 3. The Labute approximate surface area is 234 Å². The minimum Gasteiger partial charge on any atom is -0.497 e. The Morgan fingerprint density at radius 1 is 0.976 bits per heavy atom. The molecular weight excluding hydrogens is 544 g/mol. The highest BCUT2D eigenvalue weighted by Crippen LogP contribution is 2.46. The molecule has 2 aliphatic heterocycles. The van der Waals surface area contributed by atoms with Gasteiger partial charge < -0.3 is 29.3 Å². The number of piperazine rings is 1. The number of methoxy groups -OCH3 is 2. The van der Waals surface area contributed by atoms with Gasteiger partial charge in [-0.2, -0.15) is 13.2 Å². The number of fused-ring (bicyclic) bond motifs is 1. The van der Waals surface area contributed by atoms with Crippen molar-refractivity contribution in [2.24, 2.45) is 4.99 Å². The second-order valence-corrected chi connectivity index (χ2v) is 9.63. The first-order valence-corrected chi connectivity index (χ1v) is 12.9. The Balaban J connectivity index is 1.58. The van der Waals surface area contributed by atoms with Crippen molar-refractivity contribution in [1.29, 1.82) is 0 Å². The Hall–Kier alpha value is -4.48. The predicted molar refractivity (Wildman–Crippen MR) is 146 cm³/mol. The van der Waals surface area contributed by atoms with E-state index in [1.165, 1.54) is 25.3 Å². The molecule has 0 aromatic heterocycles. The molecule has 3 aromatic rings. The van der Waals surface area contributed by atoms with Crippen LogP contribution in [0.3, 0.4) is 0 Å². The summed E-state index contributed by atoms with van der Waals surface area (Å²) in [4.78, 5) is 22.3. The average molecular weight is 573 g/mol. The quantitative estimate of drug-likeness (QED) is 0.380. The number of ether oxygens (including phenoxy) is 2. The topological polar surface area (TPSA) is 77.8 Å². The highest BCUT2D eigenvalue weighted by atomic mass is 19.4. The molecule has 1 N–H and O–H groups in total. The molecule has 2 aliphatic rings. The van der Waals surface area contributed by atoms with Gasteiger partial charge in [-0.15, -0.1) is 0 Å². The van der Waals surface area contributed by atoms with Gasteiger partial charge in [-0.05, 0) is 36.4 Å². The Morgan fingerprint density at radius 2 is 1.68 bits per heavy atom. The lowest BCUT2D eigenvalue weighted by Crippen LogP contribution is -2.55. The lowest BCUT2D eigenvalue weighted by molar-refractivity contribution is -0.138. The summed E-state index contributed by atoms with van der Waals surface area (Å²) >= 11 is 0. The van der Waals surface area contributed by atoms with Gasteiger partial charge >= 0.3 is 12.1 Å². The number of carbonyl (C=O) groups is 1. The normalized spacial score (nSPS) is 17.2. The Bertz CT molecular complexity index is 1470. The fraction of sp³-hybridized carbons (Fsp3) is 0.310. The van der Waals surface area contributed by atoms with Crippen LogP contribution in [0.15, 0.2) is 65.7 Å². The number of aliphatic imine (C=N–C) groups is 1. The van der Waals surface area contributed by atoms with Crippen LogP contribution in [0.25, 0.3) is 0 Å². The molecule has 2 heterocycles. The first-order valence-electron chi connectivity index (χ1n) is 12.9. The van der Waals surface area contributed by atoms with E-state index in [2.05, 4.69) is 9.89 Å². The minimum absolute atomic E-state index is 0.00565. The van der Waals surface area contributed by atoms with Gasteiger partial charge in [-0.1, -0.05) is 18.2 Å². The van der Waals surface area contributed by atoms with Crippen molar-refractivity contribution in [2.75, 3.05) is 50.2 Å². The van der Waals surface area contributed by atoms with Crippen molar-refractivity contribution >= 4 is 29.0 Å². The number of guanidine groups is 1. The zero-order chi connectivity index (χ0) is 29.3. The molecule has 12 heteroatoms. The van der Waals surface area contributed by atoms with Crippen LogP contribution in [-0.2, 0) is 11.0 Å². The molecule has 0 amide bonds. The van der Waals surface area contributed by atoms with Gasteiger partial charge in [0.25, 0.3) is 0 Å². The molecule has 1 atom stereocenters. The van der Waals surface area contributed by atoms with Crippen molar-refractivity contribution in [3.63, 3.8) is 0 Å². The van der Waals surface area contributed by atoms with Crippen molar-refractivity contribution in [1.82, 2.24) is 4.90 Å². The van der Waals surface area contributed by atoms with Crippen LogP contribution in [-0.4, -0.2) is 62.3 Å². The largest absolute Gasteiger partial charge is 0.497 e. The summed E-state index contributed by atoms with van der Waals surface area (Å²) in [6.45, 7) is 1.97. The molecule has 3 aromatic carbocycles. The summed E-state index contributed by atoms with van der Waals surface area (Å²) in [5.74, 6) is -0.949. The molecule has 0 bridgehead atoms. The number of carboxylic acids is 1. The van der Waals surface area contributed by atoms with Crippen molar-refractivity contribution < 1.29 is 36.9 Å². The second-order valence-electron chi connectivity index (χ2n) is 9.63. The number of rotatable bonds is 6. The molecule has 8 nitrogen and oxygen atoms in total. The Morgan fingerprint density at radius 3 is 2.34 bits per heavy atom. The van der Waals surface area contributed by atoms with E-state index in [1.807, 2.05) is 29.2 Å². The van der Waals surface area contributed by atoms with E-state index < -0.39 is 36.0 Å². The van der Waals surface area contributed by atoms with E-state index in [0.717, 1.165) is 17.8 Å². The molecule has 0 radical (unpaired) electrons. The van der Waals surface area contributed by atoms with E-state index in [1.54, 1.807) is 18.1 Å². The number of halogens is 4. The first-order chi connectivity index (χ1) is 19.6. The number of nitrogens with zero attached hydrogens (tertiary/aromatic N) is 4. The van der Waals surface area contributed by atoms with Crippen LogP contribution >= 0.6 is 0 Å². The zero-order valence-corrected chi connectivity index (χ0v) is 22.4. The maximum atomic E-state index is 15.1. The first kappa shape index (κ1) is 28.1. The summed E-state index contributed by atoms with van der Waals surface area (Å²) in [5, 5.41) is 9.83. The number of hydrogen-bond donors (Lipinski definition) is 1. The van der Waals surface area contributed by atoms with Gasteiger partial charge in [-0.3, -0.25) is 4.79 Å². The summed E-state index contributed by atoms with van der Waals surface area (Å²) < 4.78 is 66.4. The van der Waals surface area contributed by atoms with E-state index >= 15 is 4.39 Å². The third-order valence-corrected chi connectivity index (χ3v) is 7.23. The van der Waals surface area contributed by atoms with Crippen LogP contribution in [0.1, 0.15) is 23.6 Å². The monoisotopic (exact) mass is 572 g/mol. The summed E-state index contributed by atoms with van der Waals surface area (Å²) in [5.41, 5.74) is 0.549. The van der Waals surface area contributed by atoms with E-state index in [9.17, 15) is 23.1 Å². The maximum absolute atomic E-state index is 15.1. The van der Waals surface area contributed by atoms with Gasteiger partial charge in [0.15, 0.2) is 0 Å². The van der Waals surface area contributed by atoms with Crippen molar-refractivity contribution in [2.45, 2.75) is 18.6 Å². The highest BCUT2D eigenvalue weighted by Gasteiger charge is 2.39. The van der Waals surface area contributed by atoms with Crippen molar-refractivity contribution in [3.05, 3.63) is 77.6 Å². The lowest BCUT2D eigenvalue weighted by Gasteiger charge is -2.45. The van der Waals surface area contributed by atoms with E-state index in [0.29, 0.717) is 37.5 Å². The van der Waals surface area contributed by atoms with E-state index in [4.69, 9.17) is 9.47 Å². The van der Waals surface area contributed by atoms with Gasteiger partial charge in [0.2, 0.25) is 5.96 Å². The van der Waals surface area contributed by atoms with Gasteiger partial charge in [0.1, 0.15) is 23.0 Å². The third kappa shape index (κ3) is 5.59. The van der Waals surface area contributed by atoms with Crippen LogP contribution in [0, 0.1) is 5.82 Å². The number of aliphatic carboxylic acids is 1. The third-order valence-electron chi connectivity index (χ3n) is 7.23. The van der Waals surface area contributed by atoms with Crippen LogP contribution in [0.5, 0.6) is 11.5 Å². The SMILES string of the molecule is COc1cccc(N2CCN(C3=Nc4c(F)cccc4[C@H](CC(=O)O)N3c3ccc(C(F)(F)F)cc3OC)CC2)c1. The van der Waals surface area contributed by atoms with E-state index in [-0.39, 0.29) is 23.1 Å². The molecule has 1 fully saturated rings. The molecule has 0 saturated carbocycles. The van der Waals surface area contributed by atoms with Gasteiger partial charge in [0.05, 0.1) is 37.9 Å². The number of carboxylic acid groups (broad SMARTS) is 1. The summed E-state index contributed by atoms with van der Waals surface area (Å²) in [7, 11) is 2.83. The molecule has 216 valence electrons. The highest BCUT2D eigenvalue weighted by molar-refractivity contribution is 6.02. The number of benzene rings is 3. The second kappa shape index (κ2) is 11.2. The molecule has 0 spiro atoms. The Kier molecular flexibility index (Phi) is 7.65. The molecule has 5 rings (SSSR count). The fourth-order valence-corrected chi connectivity index (χ4v) is 5.24. The summed E-state index contributed by atoms with van der Waals surface area (Å²) in [6, 6.07) is 14.0. The average Bonchev–Trinajstić information content (AvgIpc) is 2.96. The smallest absolute Gasteiger partial charge is 0.416 e. The fourth-order valence-electron chi connectivity index (χ4n) is 5.24. The molecular formula is C29H28F4N4O4. The summed E-state index contributed by atoms with van der Waals surface area (Å²) in [6.07, 6.45) is -5.07. The lowest BCUT2D eigenvalue weighted by atomic mass is 9.96. The molecule has 0 aliphatic carbocycles. The molecule has 41 heavy (non-hydrogen) atoms. The van der Waals surface area contributed by atoms with Crippen LogP contribution < -0.4 is 19.3 Å². The maximum Gasteiger partial charge on any atom is 0.416 e. The van der Waals surface area contributed by atoms with Gasteiger partial charge in [-0.25, -0.2) is 9.38 Å². The predicted octanol–water partition coefficient (Wildman–Crippen LogP) is 5.71. The number of para-hydroxylation sites is 1. The molecule has 1 saturated heterocycles. The van der Waals surface area contributed by atoms with Gasteiger partial charge in [0, 0.05) is 43.5 Å². The minimum atomic E-state index is -4.61.